The Bertz CT molecular complexity index is 959. The molecule has 3 heterocycles. The highest BCUT2D eigenvalue weighted by molar-refractivity contribution is 5.73. The molecule has 0 saturated carbocycles. The Kier molecular flexibility index (Phi) is 5.35. The van der Waals surface area contributed by atoms with Crippen LogP contribution in [0.4, 0.5) is 11.4 Å². The van der Waals surface area contributed by atoms with Gasteiger partial charge in [0.1, 0.15) is 11.5 Å². The number of hydrogen-bond acceptors (Lipinski definition) is 6. The van der Waals surface area contributed by atoms with Gasteiger partial charge < -0.3 is 18.6 Å². The van der Waals surface area contributed by atoms with Crippen LogP contribution in [0.2, 0.25) is 0 Å². The summed E-state index contributed by atoms with van der Waals surface area (Å²) >= 11 is 0. The molecule has 0 fully saturated rings. The van der Waals surface area contributed by atoms with Gasteiger partial charge in [-0.25, -0.2) is 9.97 Å². The predicted octanol–water partition coefficient (Wildman–Crippen LogP) is 5.32. The molecular weight excluding hydrogens is 364 g/mol. The maximum absolute atomic E-state index is 5.97. The molecule has 3 aromatic rings. The number of oxazole rings is 2. The zero-order valence-corrected chi connectivity index (χ0v) is 17.9. The Morgan fingerprint density at radius 1 is 0.897 bits per heavy atom. The number of fused-ring (bicyclic) bond motifs is 1. The van der Waals surface area contributed by atoms with E-state index in [2.05, 4.69) is 78.7 Å². The van der Waals surface area contributed by atoms with Crippen molar-refractivity contribution in [3.63, 3.8) is 0 Å². The molecule has 6 heteroatoms. The number of para-hydroxylation sites is 2. The molecule has 0 saturated heterocycles. The Morgan fingerprint density at radius 3 is 2.00 bits per heavy atom. The molecule has 154 valence electrons. The third kappa shape index (κ3) is 4.02. The highest BCUT2D eigenvalue weighted by Gasteiger charge is 2.30. The molecule has 1 aliphatic heterocycles. The van der Waals surface area contributed by atoms with Crippen molar-refractivity contribution in [1.29, 1.82) is 0 Å². The van der Waals surface area contributed by atoms with Crippen LogP contribution in [-0.2, 0) is 13.1 Å². The molecule has 0 spiro atoms. The molecule has 29 heavy (non-hydrogen) atoms. The van der Waals surface area contributed by atoms with Crippen LogP contribution in [0.25, 0.3) is 0 Å². The Morgan fingerprint density at radius 2 is 1.45 bits per heavy atom. The molecule has 0 amide bonds. The lowest BCUT2D eigenvalue weighted by atomic mass is 10.1. The quantitative estimate of drug-likeness (QED) is 0.564. The fourth-order valence-electron chi connectivity index (χ4n) is 3.76. The smallest absolute Gasteiger partial charge is 0.213 e. The number of aromatic nitrogens is 2. The number of benzene rings is 1. The monoisotopic (exact) mass is 394 g/mol. The largest absolute Gasteiger partial charge is 0.444 e. The van der Waals surface area contributed by atoms with Crippen molar-refractivity contribution in [2.24, 2.45) is 0 Å². The summed E-state index contributed by atoms with van der Waals surface area (Å²) in [6.07, 6.45) is 3.70. The maximum atomic E-state index is 5.97. The second kappa shape index (κ2) is 7.93. The van der Waals surface area contributed by atoms with E-state index < -0.39 is 0 Å². The lowest BCUT2D eigenvalue weighted by molar-refractivity contribution is 0.417. The summed E-state index contributed by atoms with van der Waals surface area (Å²) in [5.74, 6) is 4.08. The van der Waals surface area contributed by atoms with Gasteiger partial charge in [0, 0.05) is 24.4 Å². The summed E-state index contributed by atoms with van der Waals surface area (Å²) in [7, 11) is 0. The molecule has 1 aliphatic rings. The molecule has 6 nitrogen and oxygen atoms in total. The number of anilines is 2. The van der Waals surface area contributed by atoms with Gasteiger partial charge in [0.2, 0.25) is 11.8 Å². The molecule has 4 rings (SSSR count). The fourth-order valence-corrected chi connectivity index (χ4v) is 3.76. The van der Waals surface area contributed by atoms with Crippen LogP contribution in [0, 0.1) is 0 Å². The second-order valence-corrected chi connectivity index (χ2v) is 8.47. The van der Waals surface area contributed by atoms with Gasteiger partial charge >= 0.3 is 0 Å². The van der Waals surface area contributed by atoms with Gasteiger partial charge in [0.05, 0.1) is 36.9 Å². The van der Waals surface area contributed by atoms with Crippen molar-refractivity contribution in [1.82, 2.24) is 9.97 Å². The first-order valence-corrected chi connectivity index (χ1v) is 10.4. The van der Waals surface area contributed by atoms with Crippen LogP contribution in [0.15, 0.2) is 45.5 Å². The first-order valence-electron chi connectivity index (χ1n) is 10.4. The van der Waals surface area contributed by atoms with E-state index in [9.17, 15) is 0 Å². The standard InChI is InChI=1S/C23H30N4O2/c1-15(2)20-10-24-22(28-20)13-26-12-17(5)27(19-9-7-6-8-18(19)26)14-23-25-11-21(29-23)16(3)4/h6-11,15-17H,12-14H2,1-5H3/t17-/m1/s1. The van der Waals surface area contributed by atoms with Gasteiger partial charge in [-0.15, -0.1) is 0 Å². The Hall–Kier alpha value is -2.76. The van der Waals surface area contributed by atoms with Crippen LogP contribution >= 0.6 is 0 Å². The van der Waals surface area contributed by atoms with E-state index in [-0.39, 0.29) is 0 Å². The molecule has 0 N–H and O–H groups in total. The first-order chi connectivity index (χ1) is 13.9. The summed E-state index contributed by atoms with van der Waals surface area (Å²) in [5, 5.41) is 0. The summed E-state index contributed by atoms with van der Waals surface area (Å²) in [6, 6.07) is 8.80. The van der Waals surface area contributed by atoms with Crippen LogP contribution in [0.1, 0.15) is 69.8 Å². The summed E-state index contributed by atoms with van der Waals surface area (Å²) in [5.41, 5.74) is 2.37. The van der Waals surface area contributed by atoms with Crippen molar-refractivity contribution in [2.45, 2.75) is 65.6 Å². The second-order valence-electron chi connectivity index (χ2n) is 8.47. The normalized spacial score (nSPS) is 16.7. The van der Waals surface area contributed by atoms with Crippen molar-refractivity contribution in [2.75, 3.05) is 16.3 Å². The lowest BCUT2D eigenvalue weighted by Gasteiger charge is -2.42. The zero-order valence-electron chi connectivity index (χ0n) is 17.9. The van der Waals surface area contributed by atoms with Crippen LogP contribution in [0.5, 0.6) is 0 Å². The van der Waals surface area contributed by atoms with Gasteiger partial charge in [-0.3, -0.25) is 0 Å². The van der Waals surface area contributed by atoms with Gasteiger partial charge in [-0.2, -0.15) is 0 Å². The van der Waals surface area contributed by atoms with Crippen molar-refractivity contribution in [3.8, 4) is 0 Å². The summed E-state index contributed by atoms with van der Waals surface area (Å²) < 4.78 is 11.9. The molecular formula is C23H30N4O2. The topological polar surface area (TPSA) is 58.5 Å². The number of hydrogen-bond donors (Lipinski definition) is 0. The number of rotatable bonds is 6. The summed E-state index contributed by atoms with van der Waals surface area (Å²) in [4.78, 5) is 13.7. The predicted molar refractivity (Wildman–Crippen MR) is 114 cm³/mol. The van der Waals surface area contributed by atoms with E-state index in [1.165, 1.54) is 11.4 Å². The SMILES string of the molecule is CC(C)c1cnc(CN2C[C@@H](C)N(Cc3ncc(C(C)C)o3)c3ccccc32)o1. The summed E-state index contributed by atoms with van der Waals surface area (Å²) in [6.45, 7) is 12.9. The van der Waals surface area contributed by atoms with E-state index in [1.807, 2.05) is 12.4 Å². The third-order valence-electron chi connectivity index (χ3n) is 5.46. The molecule has 1 aromatic carbocycles. The molecule has 0 bridgehead atoms. The van der Waals surface area contributed by atoms with Crippen LogP contribution < -0.4 is 9.80 Å². The fraction of sp³-hybridized carbons (Fsp3) is 0.478. The van der Waals surface area contributed by atoms with Crippen LogP contribution in [-0.4, -0.2) is 22.6 Å². The minimum Gasteiger partial charge on any atom is -0.444 e. The average molecular weight is 395 g/mol. The highest BCUT2D eigenvalue weighted by atomic mass is 16.4. The minimum atomic E-state index is 0.304. The molecule has 0 unspecified atom stereocenters. The van der Waals surface area contributed by atoms with Crippen molar-refractivity contribution in [3.05, 3.63) is 60.0 Å². The molecule has 0 aliphatic carbocycles. The van der Waals surface area contributed by atoms with E-state index in [1.54, 1.807) is 0 Å². The van der Waals surface area contributed by atoms with E-state index in [0.717, 1.165) is 29.8 Å². The van der Waals surface area contributed by atoms with Crippen LogP contribution in [0.3, 0.4) is 0 Å². The van der Waals surface area contributed by atoms with Gasteiger partial charge in [0.25, 0.3) is 0 Å². The number of nitrogens with zero attached hydrogens (tertiary/aromatic N) is 4. The van der Waals surface area contributed by atoms with Crippen molar-refractivity contribution >= 4 is 11.4 Å². The molecule has 0 radical (unpaired) electrons. The minimum absolute atomic E-state index is 0.304. The third-order valence-corrected chi connectivity index (χ3v) is 5.46. The van der Waals surface area contributed by atoms with E-state index in [4.69, 9.17) is 8.83 Å². The lowest BCUT2D eigenvalue weighted by Crippen LogP contribution is -2.47. The Labute approximate surface area is 172 Å². The molecule has 2 aromatic heterocycles. The highest BCUT2D eigenvalue weighted by Crippen LogP contribution is 2.37. The van der Waals surface area contributed by atoms with Gasteiger partial charge in [-0.05, 0) is 19.1 Å². The van der Waals surface area contributed by atoms with Gasteiger partial charge in [-0.1, -0.05) is 39.8 Å². The Balaban J connectivity index is 1.57. The first kappa shape index (κ1) is 19.6. The van der Waals surface area contributed by atoms with Crippen molar-refractivity contribution < 1.29 is 8.83 Å². The van der Waals surface area contributed by atoms with E-state index in [0.29, 0.717) is 31.0 Å². The van der Waals surface area contributed by atoms with E-state index >= 15 is 0 Å². The zero-order chi connectivity index (χ0) is 20.5. The maximum Gasteiger partial charge on any atom is 0.213 e. The molecule has 1 atom stereocenters. The average Bonchev–Trinajstić information content (AvgIpc) is 3.34. The van der Waals surface area contributed by atoms with Gasteiger partial charge in [0.15, 0.2) is 0 Å².